The number of fused-ring (bicyclic) bond motifs is 1. The molecule has 2 aliphatic heterocycles. The van der Waals surface area contributed by atoms with Crippen LogP contribution >= 0.6 is 0 Å². The normalized spacial score (nSPS) is 20.4. The standard InChI is InChI=1S/C17H21N3O3/c1-3-11-8-12-9-13(23-2)4-6-15(12)20(10-11)17(22)14-5-7-16(21)19-18-14/h4,6,9,11H,3,5,7-8,10H2,1-2H3,(H,19,21). The second kappa shape index (κ2) is 6.40. The van der Waals surface area contributed by atoms with Gasteiger partial charge in [0.2, 0.25) is 5.91 Å². The third-order valence-electron chi connectivity index (χ3n) is 4.50. The Labute approximate surface area is 135 Å². The molecule has 0 fully saturated rings. The van der Waals surface area contributed by atoms with Crippen LogP contribution in [0.1, 0.15) is 31.7 Å². The summed E-state index contributed by atoms with van der Waals surface area (Å²) >= 11 is 0. The Morgan fingerprint density at radius 3 is 2.91 bits per heavy atom. The summed E-state index contributed by atoms with van der Waals surface area (Å²) in [4.78, 5) is 25.9. The first-order valence-corrected chi connectivity index (χ1v) is 7.96. The second-order valence-electron chi connectivity index (χ2n) is 5.98. The van der Waals surface area contributed by atoms with Crippen LogP contribution in [0.5, 0.6) is 5.75 Å². The maximum Gasteiger partial charge on any atom is 0.274 e. The minimum absolute atomic E-state index is 0.116. The summed E-state index contributed by atoms with van der Waals surface area (Å²) in [6.07, 6.45) is 2.65. The molecule has 0 aliphatic carbocycles. The fourth-order valence-corrected chi connectivity index (χ4v) is 3.10. The van der Waals surface area contributed by atoms with Crippen molar-refractivity contribution in [3.63, 3.8) is 0 Å². The van der Waals surface area contributed by atoms with Crippen molar-refractivity contribution in [2.75, 3.05) is 18.6 Å². The summed E-state index contributed by atoms with van der Waals surface area (Å²) in [7, 11) is 1.64. The predicted octanol–water partition coefficient (Wildman–Crippen LogP) is 1.88. The second-order valence-corrected chi connectivity index (χ2v) is 5.98. The highest BCUT2D eigenvalue weighted by Gasteiger charge is 2.31. The van der Waals surface area contributed by atoms with Crippen LogP contribution in [0, 0.1) is 5.92 Å². The third kappa shape index (κ3) is 3.06. The van der Waals surface area contributed by atoms with Crippen molar-refractivity contribution < 1.29 is 14.3 Å². The van der Waals surface area contributed by atoms with Crippen LogP contribution in [0.15, 0.2) is 23.3 Å². The maximum atomic E-state index is 12.9. The molecule has 2 amide bonds. The van der Waals surface area contributed by atoms with Gasteiger partial charge in [-0.25, -0.2) is 5.43 Å². The number of benzene rings is 1. The van der Waals surface area contributed by atoms with Gasteiger partial charge in [-0.1, -0.05) is 13.3 Å². The molecule has 6 nitrogen and oxygen atoms in total. The van der Waals surface area contributed by atoms with E-state index in [2.05, 4.69) is 17.5 Å². The number of nitrogens with one attached hydrogen (secondary N) is 1. The van der Waals surface area contributed by atoms with Crippen LogP contribution in [-0.2, 0) is 16.0 Å². The number of amides is 2. The zero-order valence-electron chi connectivity index (χ0n) is 13.5. The minimum atomic E-state index is -0.142. The monoisotopic (exact) mass is 315 g/mol. The smallest absolute Gasteiger partial charge is 0.274 e. The molecule has 0 aromatic heterocycles. The van der Waals surface area contributed by atoms with E-state index in [1.165, 1.54) is 0 Å². The Balaban J connectivity index is 1.92. The lowest BCUT2D eigenvalue weighted by Gasteiger charge is -2.35. The highest BCUT2D eigenvalue weighted by molar-refractivity contribution is 6.44. The van der Waals surface area contributed by atoms with Crippen LogP contribution < -0.4 is 15.1 Å². The van der Waals surface area contributed by atoms with Crippen LogP contribution in [-0.4, -0.2) is 31.2 Å². The number of carbonyl (C=O) groups excluding carboxylic acids is 2. The van der Waals surface area contributed by atoms with Crippen molar-refractivity contribution in [3.8, 4) is 5.75 Å². The van der Waals surface area contributed by atoms with Crippen LogP contribution in [0.3, 0.4) is 0 Å². The first-order chi connectivity index (χ1) is 11.1. The van der Waals surface area contributed by atoms with Crippen LogP contribution in [0.2, 0.25) is 0 Å². The highest BCUT2D eigenvalue weighted by Crippen LogP contribution is 2.34. The molecule has 1 aromatic rings. The number of nitrogens with zero attached hydrogens (tertiary/aromatic N) is 2. The summed E-state index contributed by atoms with van der Waals surface area (Å²) in [6.45, 7) is 2.82. The largest absolute Gasteiger partial charge is 0.497 e. The average Bonchev–Trinajstić information content (AvgIpc) is 2.60. The first-order valence-electron chi connectivity index (χ1n) is 7.96. The molecule has 2 heterocycles. The molecular weight excluding hydrogens is 294 g/mol. The summed E-state index contributed by atoms with van der Waals surface area (Å²) in [5, 5.41) is 3.94. The number of carbonyl (C=O) groups is 2. The molecule has 0 radical (unpaired) electrons. The molecular formula is C17H21N3O3. The van der Waals surface area contributed by atoms with Gasteiger partial charge in [-0.2, -0.15) is 5.10 Å². The summed E-state index contributed by atoms with van der Waals surface area (Å²) in [5.41, 5.74) is 4.86. The minimum Gasteiger partial charge on any atom is -0.497 e. The molecule has 1 aromatic carbocycles. The van der Waals surface area contributed by atoms with E-state index in [0.29, 0.717) is 31.0 Å². The molecule has 0 saturated carbocycles. The Bertz CT molecular complexity index is 669. The number of ether oxygens (including phenoxy) is 1. The lowest BCUT2D eigenvalue weighted by atomic mass is 9.90. The van der Waals surface area contributed by atoms with Crippen molar-refractivity contribution in [3.05, 3.63) is 23.8 Å². The van der Waals surface area contributed by atoms with Crippen molar-refractivity contribution >= 4 is 23.2 Å². The number of methoxy groups -OCH3 is 1. The van der Waals surface area contributed by atoms with E-state index in [1.807, 2.05) is 18.2 Å². The van der Waals surface area contributed by atoms with E-state index in [1.54, 1.807) is 12.0 Å². The quantitative estimate of drug-likeness (QED) is 0.925. The molecule has 3 rings (SSSR count). The van der Waals surface area contributed by atoms with E-state index < -0.39 is 0 Å². The van der Waals surface area contributed by atoms with Gasteiger partial charge >= 0.3 is 0 Å². The molecule has 6 heteroatoms. The number of anilines is 1. The molecule has 122 valence electrons. The van der Waals surface area contributed by atoms with Crippen LogP contribution in [0.4, 0.5) is 5.69 Å². The molecule has 1 unspecified atom stereocenters. The predicted molar refractivity (Wildman–Crippen MR) is 87.6 cm³/mol. The van der Waals surface area contributed by atoms with Gasteiger partial charge in [0, 0.05) is 25.1 Å². The molecule has 1 N–H and O–H groups in total. The lowest BCUT2D eigenvalue weighted by molar-refractivity contribution is -0.121. The van der Waals surface area contributed by atoms with Crippen molar-refractivity contribution in [2.45, 2.75) is 32.6 Å². The van der Waals surface area contributed by atoms with Gasteiger partial charge in [0.05, 0.1) is 7.11 Å². The third-order valence-corrected chi connectivity index (χ3v) is 4.50. The fraction of sp³-hybridized carbons (Fsp3) is 0.471. The number of hydrogen-bond acceptors (Lipinski definition) is 4. The Morgan fingerprint density at radius 2 is 2.26 bits per heavy atom. The van der Waals surface area contributed by atoms with Crippen molar-refractivity contribution in [1.29, 1.82) is 0 Å². The van der Waals surface area contributed by atoms with Gasteiger partial charge in [0.1, 0.15) is 11.5 Å². The van der Waals surface area contributed by atoms with Crippen molar-refractivity contribution in [1.82, 2.24) is 5.43 Å². The SMILES string of the molecule is CCC1Cc2cc(OC)ccc2N(C(=O)C2=NNC(=O)CC2)C1. The van der Waals surface area contributed by atoms with Gasteiger partial charge in [-0.15, -0.1) is 0 Å². The Hall–Kier alpha value is -2.37. The van der Waals surface area contributed by atoms with Crippen molar-refractivity contribution in [2.24, 2.45) is 11.0 Å². The first kappa shape index (κ1) is 15.5. The highest BCUT2D eigenvalue weighted by atomic mass is 16.5. The maximum absolute atomic E-state index is 12.9. The fourth-order valence-electron chi connectivity index (χ4n) is 3.10. The summed E-state index contributed by atoms with van der Waals surface area (Å²) in [6, 6.07) is 5.80. The van der Waals surface area contributed by atoms with Gasteiger partial charge in [0.25, 0.3) is 5.91 Å². The molecule has 23 heavy (non-hydrogen) atoms. The molecule has 2 aliphatic rings. The van der Waals surface area contributed by atoms with Gasteiger partial charge in [0.15, 0.2) is 0 Å². The summed E-state index contributed by atoms with van der Waals surface area (Å²) in [5.74, 6) is 0.957. The zero-order valence-corrected chi connectivity index (χ0v) is 13.5. The summed E-state index contributed by atoms with van der Waals surface area (Å²) < 4.78 is 5.30. The molecule has 0 saturated heterocycles. The van der Waals surface area contributed by atoms with Gasteiger partial charge < -0.3 is 9.64 Å². The van der Waals surface area contributed by atoms with Gasteiger partial charge in [-0.3, -0.25) is 9.59 Å². The zero-order chi connectivity index (χ0) is 16.4. The van der Waals surface area contributed by atoms with E-state index in [0.717, 1.165) is 29.8 Å². The lowest BCUT2D eigenvalue weighted by Crippen LogP contribution is -2.45. The van der Waals surface area contributed by atoms with Gasteiger partial charge in [-0.05, 0) is 36.1 Å². The molecule has 1 atom stereocenters. The topological polar surface area (TPSA) is 71.0 Å². The molecule has 0 spiro atoms. The van der Waals surface area contributed by atoms with Crippen LogP contribution in [0.25, 0.3) is 0 Å². The number of rotatable bonds is 3. The number of hydrogen-bond donors (Lipinski definition) is 1. The Kier molecular flexibility index (Phi) is 4.32. The Morgan fingerprint density at radius 1 is 1.43 bits per heavy atom. The average molecular weight is 315 g/mol. The number of hydrazone groups is 1. The molecule has 0 bridgehead atoms. The van der Waals surface area contributed by atoms with E-state index in [9.17, 15) is 9.59 Å². The van der Waals surface area contributed by atoms with E-state index >= 15 is 0 Å². The van der Waals surface area contributed by atoms with E-state index in [4.69, 9.17) is 4.74 Å². The van der Waals surface area contributed by atoms with E-state index in [-0.39, 0.29) is 11.8 Å².